The third-order valence-corrected chi connectivity index (χ3v) is 4.58. The Labute approximate surface area is 149 Å². The summed E-state index contributed by atoms with van der Waals surface area (Å²) in [5.41, 5.74) is 2.54. The van der Waals surface area contributed by atoms with Crippen LogP contribution in [0.4, 0.5) is 0 Å². The molecule has 1 aliphatic rings. The van der Waals surface area contributed by atoms with Crippen molar-refractivity contribution in [1.82, 2.24) is 4.90 Å². The predicted molar refractivity (Wildman–Crippen MR) is 98.7 cm³/mol. The van der Waals surface area contributed by atoms with Gasteiger partial charge in [-0.1, -0.05) is 30.3 Å². The van der Waals surface area contributed by atoms with E-state index < -0.39 is 6.10 Å². The molecule has 0 radical (unpaired) electrons. The number of likely N-dealkylation sites (N-methyl/N-ethyl adjacent to an activating group) is 1. The van der Waals surface area contributed by atoms with Gasteiger partial charge >= 0.3 is 0 Å². The van der Waals surface area contributed by atoms with E-state index in [1.165, 1.54) is 0 Å². The second-order valence-electron chi connectivity index (χ2n) is 6.60. The van der Waals surface area contributed by atoms with E-state index in [-0.39, 0.29) is 5.91 Å². The Morgan fingerprint density at radius 1 is 1.24 bits per heavy atom. The molecule has 0 saturated heterocycles. The van der Waals surface area contributed by atoms with Crippen molar-refractivity contribution in [2.75, 3.05) is 20.2 Å². The second kappa shape index (κ2) is 7.70. The average Bonchev–Trinajstić information content (AvgIpc) is 3.47. The molecule has 1 N–H and O–H groups in total. The standard InChI is InChI=1S/C21H25NO3/c1-3-25-20-10-5-4-9-18(20)16-7-6-8-17(13-16)21(24)22(2)14-19(23)15-11-12-15/h4-10,13,15,19,23H,3,11-12,14H2,1-2H3. The minimum atomic E-state index is -0.421. The van der Waals surface area contributed by atoms with Gasteiger partial charge in [-0.05, 0) is 49.4 Å². The smallest absolute Gasteiger partial charge is 0.253 e. The van der Waals surface area contributed by atoms with Gasteiger partial charge in [0.05, 0.1) is 12.7 Å². The highest BCUT2D eigenvalue weighted by molar-refractivity contribution is 5.95. The van der Waals surface area contributed by atoms with E-state index in [9.17, 15) is 9.90 Å². The Morgan fingerprint density at radius 3 is 2.72 bits per heavy atom. The lowest BCUT2D eigenvalue weighted by molar-refractivity contribution is 0.0645. The lowest BCUT2D eigenvalue weighted by atomic mass is 10.0. The van der Waals surface area contributed by atoms with E-state index in [2.05, 4.69) is 0 Å². The Balaban J connectivity index is 1.80. The molecule has 1 atom stereocenters. The van der Waals surface area contributed by atoms with Crippen molar-refractivity contribution < 1.29 is 14.6 Å². The third kappa shape index (κ3) is 4.20. The lowest BCUT2D eigenvalue weighted by Crippen LogP contribution is -2.35. The van der Waals surface area contributed by atoms with Gasteiger partial charge in [-0.25, -0.2) is 0 Å². The second-order valence-corrected chi connectivity index (χ2v) is 6.60. The average molecular weight is 339 g/mol. The van der Waals surface area contributed by atoms with Crippen molar-refractivity contribution in [1.29, 1.82) is 0 Å². The number of para-hydroxylation sites is 1. The highest BCUT2D eigenvalue weighted by Crippen LogP contribution is 2.33. The summed E-state index contributed by atoms with van der Waals surface area (Å²) in [5, 5.41) is 10.1. The van der Waals surface area contributed by atoms with Gasteiger partial charge in [0, 0.05) is 24.7 Å². The molecule has 0 aliphatic heterocycles. The first-order valence-electron chi connectivity index (χ1n) is 8.86. The molecule has 0 heterocycles. The molecule has 0 bridgehead atoms. The number of nitrogens with zero attached hydrogens (tertiary/aromatic N) is 1. The largest absolute Gasteiger partial charge is 0.493 e. The van der Waals surface area contributed by atoms with E-state index in [0.29, 0.717) is 24.6 Å². The number of ether oxygens (including phenoxy) is 1. The summed E-state index contributed by atoms with van der Waals surface area (Å²) in [7, 11) is 1.74. The van der Waals surface area contributed by atoms with E-state index >= 15 is 0 Å². The van der Waals surface area contributed by atoms with Crippen LogP contribution in [0.3, 0.4) is 0 Å². The highest BCUT2D eigenvalue weighted by Gasteiger charge is 2.31. The van der Waals surface area contributed by atoms with Gasteiger partial charge in [0.2, 0.25) is 0 Å². The summed E-state index contributed by atoms with van der Waals surface area (Å²) in [6.45, 7) is 2.93. The van der Waals surface area contributed by atoms with Gasteiger partial charge in [-0.2, -0.15) is 0 Å². The van der Waals surface area contributed by atoms with Crippen molar-refractivity contribution >= 4 is 5.91 Å². The van der Waals surface area contributed by atoms with Crippen LogP contribution < -0.4 is 4.74 Å². The molecule has 1 aliphatic carbocycles. The number of aliphatic hydroxyl groups excluding tert-OH is 1. The van der Waals surface area contributed by atoms with E-state index in [4.69, 9.17) is 4.74 Å². The Morgan fingerprint density at radius 2 is 2.00 bits per heavy atom. The lowest BCUT2D eigenvalue weighted by Gasteiger charge is -2.21. The molecular weight excluding hydrogens is 314 g/mol. The molecule has 132 valence electrons. The third-order valence-electron chi connectivity index (χ3n) is 4.58. The summed E-state index contributed by atoms with van der Waals surface area (Å²) in [6.07, 6.45) is 1.70. The molecule has 2 aromatic rings. The molecule has 1 unspecified atom stereocenters. The monoisotopic (exact) mass is 339 g/mol. The summed E-state index contributed by atoms with van der Waals surface area (Å²) < 4.78 is 5.70. The fourth-order valence-corrected chi connectivity index (χ4v) is 3.02. The fourth-order valence-electron chi connectivity index (χ4n) is 3.02. The topological polar surface area (TPSA) is 49.8 Å². The zero-order valence-corrected chi connectivity index (χ0v) is 14.8. The summed E-state index contributed by atoms with van der Waals surface area (Å²) in [6, 6.07) is 15.4. The summed E-state index contributed by atoms with van der Waals surface area (Å²) in [4.78, 5) is 14.3. The number of aliphatic hydroxyl groups is 1. The van der Waals surface area contributed by atoms with Crippen LogP contribution in [0.1, 0.15) is 30.1 Å². The van der Waals surface area contributed by atoms with Gasteiger partial charge in [0.1, 0.15) is 5.75 Å². The van der Waals surface area contributed by atoms with Gasteiger partial charge in [-0.3, -0.25) is 4.79 Å². The minimum Gasteiger partial charge on any atom is -0.493 e. The molecule has 1 amide bonds. The first-order valence-corrected chi connectivity index (χ1v) is 8.86. The summed E-state index contributed by atoms with van der Waals surface area (Å²) >= 11 is 0. The maximum atomic E-state index is 12.7. The molecule has 1 fully saturated rings. The number of carbonyl (C=O) groups excluding carboxylic acids is 1. The van der Waals surface area contributed by atoms with Crippen molar-refractivity contribution in [3.63, 3.8) is 0 Å². The van der Waals surface area contributed by atoms with Gasteiger partial charge in [0.25, 0.3) is 5.91 Å². The Bertz CT molecular complexity index is 739. The predicted octanol–water partition coefficient (Wildman–Crippen LogP) is 3.60. The van der Waals surface area contributed by atoms with Crippen LogP contribution in [0.25, 0.3) is 11.1 Å². The van der Waals surface area contributed by atoms with E-state index in [0.717, 1.165) is 29.7 Å². The van der Waals surface area contributed by atoms with Crippen LogP contribution in [0.15, 0.2) is 48.5 Å². The minimum absolute atomic E-state index is 0.0737. The van der Waals surface area contributed by atoms with Crippen molar-refractivity contribution in [3.8, 4) is 16.9 Å². The zero-order valence-electron chi connectivity index (χ0n) is 14.8. The van der Waals surface area contributed by atoms with Crippen LogP contribution in [-0.2, 0) is 0 Å². The van der Waals surface area contributed by atoms with E-state index in [1.54, 1.807) is 11.9 Å². The van der Waals surface area contributed by atoms with Crippen LogP contribution in [0.5, 0.6) is 5.75 Å². The normalized spacial score (nSPS) is 14.8. The van der Waals surface area contributed by atoms with E-state index in [1.807, 2.05) is 55.5 Å². The van der Waals surface area contributed by atoms with Crippen LogP contribution >= 0.6 is 0 Å². The molecule has 1 saturated carbocycles. The summed E-state index contributed by atoms with van der Waals surface area (Å²) in [5.74, 6) is 1.10. The quantitative estimate of drug-likeness (QED) is 0.838. The molecule has 0 aromatic heterocycles. The molecule has 3 rings (SSSR count). The zero-order chi connectivity index (χ0) is 17.8. The number of carbonyl (C=O) groups is 1. The number of hydrogen-bond acceptors (Lipinski definition) is 3. The first-order chi connectivity index (χ1) is 12.1. The maximum Gasteiger partial charge on any atom is 0.253 e. The number of amides is 1. The Kier molecular flexibility index (Phi) is 5.39. The Hall–Kier alpha value is -2.33. The van der Waals surface area contributed by atoms with Crippen molar-refractivity contribution in [2.24, 2.45) is 5.92 Å². The van der Waals surface area contributed by atoms with Crippen LogP contribution in [-0.4, -0.2) is 42.2 Å². The molecule has 25 heavy (non-hydrogen) atoms. The first kappa shape index (κ1) is 17.5. The molecule has 4 heteroatoms. The van der Waals surface area contributed by atoms with Gasteiger partial charge < -0.3 is 14.7 Å². The van der Waals surface area contributed by atoms with Crippen molar-refractivity contribution in [3.05, 3.63) is 54.1 Å². The van der Waals surface area contributed by atoms with Gasteiger partial charge in [0.15, 0.2) is 0 Å². The van der Waals surface area contributed by atoms with Crippen molar-refractivity contribution in [2.45, 2.75) is 25.9 Å². The fraction of sp³-hybridized carbons (Fsp3) is 0.381. The maximum absolute atomic E-state index is 12.7. The molecule has 0 spiro atoms. The van der Waals surface area contributed by atoms with Gasteiger partial charge in [-0.15, -0.1) is 0 Å². The number of benzene rings is 2. The number of hydrogen-bond donors (Lipinski definition) is 1. The highest BCUT2D eigenvalue weighted by atomic mass is 16.5. The number of rotatable bonds is 7. The molecular formula is C21H25NO3. The molecule has 4 nitrogen and oxygen atoms in total. The van der Waals surface area contributed by atoms with Crippen LogP contribution in [0.2, 0.25) is 0 Å². The molecule has 2 aromatic carbocycles. The SMILES string of the molecule is CCOc1ccccc1-c1cccc(C(=O)N(C)CC(O)C2CC2)c1. The van der Waals surface area contributed by atoms with Crippen LogP contribution in [0, 0.1) is 5.92 Å².